The largest absolute Gasteiger partial charge is 0.383 e. The zero-order valence-corrected chi connectivity index (χ0v) is 9.87. The number of thiazole rings is 1. The number of rotatable bonds is 3. The Hall–Kier alpha value is -1.39. The van der Waals surface area contributed by atoms with Crippen molar-refractivity contribution in [1.29, 1.82) is 0 Å². The van der Waals surface area contributed by atoms with Crippen LogP contribution in [0.3, 0.4) is 0 Å². The molecule has 4 heteroatoms. The number of nitrogens with zero attached hydrogens (tertiary/aromatic N) is 1. The summed E-state index contributed by atoms with van der Waals surface area (Å²) in [7, 11) is 0. The molecule has 0 aliphatic rings. The Morgan fingerprint density at radius 3 is 2.81 bits per heavy atom. The molecule has 0 spiro atoms. The monoisotopic (exact) mass is 234 g/mol. The van der Waals surface area contributed by atoms with Gasteiger partial charge < -0.3 is 10.8 Å². The molecule has 0 fully saturated rings. The molecular formula is C12H14N2OS. The number of benzene rings is 1. The van der Waals surface area contributed by atoms with Crippen LogP contribution in [-0.4, -0.2) is 10.1 Å². The first kappa shape index (κ1) is 11.1. The highest BCUT2D eigenvalue weighted by molar-refractivity contribution is 7.15. The highest BCUT2D eigenvalue weighted by Crippen LogP contribution is 2.29. The van der Waals surface area contributed by atoms with Crippen molar-refractivity contribution in [3.05, 3.63) is 46.5 Å². The average Bonchev–Trinajstić information content (AvgIpc) is 2.75. The smallest absolute Gasteiger partial charge is 0.180 e. The number of hydrogen-bond acceptors (Lipinski definition) is 4. The lowest BCUT2D eigenvalue weighted by molar-refractivity contribution is 0.223. The van der Waals surface area contributed by atoms with Gasteiger partial charge in [0.05, 0.1) is 4.88 Å². The van der Waals surface area contributed by atoms with Crippen molar-refractivity contribution in [3.63, 3.8) is 0 Å². The third kappa shape index (κ3) is 2.08. The molecule has 3 N–H and O–H groups in total. The van der Waals surface area contributed by atoms with Gasteiger partial charge in [-0.25, -0.2) is 4.98 Å². The summed E-state index contributed by atoms with van der Waals surface area (Å²) in [6.45, 7) is 2.08. The maximum atomic E-state index is 10.2. The molecule has 1 unspecified atom stereocenters. The van der Waals surface area contributed by atoms with Crippen molar-refractivity contribution in [3.8, 4) is 0 Å². The first-order valence-electron chi connectivity index (χ1n) is 5.19. The second-order valence-electron chi connectivity index (χ2n) is 3.56. The molecule has 0 aliphatic carbocycles. The number of nitrogen functional groups attached to an aromatic ring is 1. The predicted molar refractivity (Wildman–Crippen MR) is 66.4 cm³/mol. The van der Waals surface area contributed by atoms with E-state index in [1.54, 1.807) is 6.20 Å². The number of anilines is 1. The second kappa shape index (κ2) is 4.63. The van der Waals surface area contributed by atoms with Gasteiger partial charge in [0.2, 0.25) is 0 Å². The number of nitrogens with two attached hydrogens (primary N) is 1. The molecule has 1 heterocycles. The molecule has 0 saturated carbocycles. The van der Waals surface area contributed by atoms with Gasteiger partial charge in [0, 0.05) is 6.20 Å². The third-order valence-electron chi connectivity index (χ3n) is 2.54. The van der Waals surface area contributed by atoms with E-state index in [1.165, 1.54) is 11.3 Å². The first-order valence-corrected chi connectivity index (χ1v) is 6.01. The molecule has 16 heavy (non-hydrogen) atoms. The third-order valence-corrected chi connectivity index (χ3v) is 3.42. The fraction of sp³-hybridized carbons (Fsp3) is 0.250. The van der Waals surface area contributed by atoms with Crippen LogP contribution in [-0.2, 0) is 6.42 Å². The highest BCUT2D eigenvalue weighted by atomic mass is 32.1. The first-order chi connectivity index (χ1) is 7.72. The van der Waals surface area contributed by atoms with Crippen LogP contribution in [0.25, 0.3) is 0 Å². The molecule has 2 rings (SSSR count). The van der Waals surface area contributed by atoms with Gasteiger partial charge in [-0.3, -0.25) is 0 Å². The van der Waals surface area contributed by atoms with Crippen LogP contribution < -0.4 is 5.73 Å². The fourth-order valence-corrected chi connectivity index (χ4v) is 2.39. The van der Waals surface area contributed by atoms with Crippen LogP contribution in [0.2, 0.25) is 0 Å². The molecule has 0 saturated heterocycles. The molecule has 0 radical (unpaired) electrons. The lowest BCUT2D eigenvalue weighted by Crippen LogP contribution is -2.01. The zero-order valence-electron chi connectivity index (χ0n) is 9.05. The number of aliphatic hydroxyl groups is 1. The lowest BCUT2D eigenvalue weighted by atomic mass is 10.00. The Labute approximate surface area is 98.6 Å². The van der Waals surface area contributed by atoms with Gasteiger partial charge in [-0.15, -0.1) is 0 Å². The molecule has 0 aliphatic heterocycles. The molecule has 2 aromatic rings. The summed E-state index contributed by atoms with van der Waals surface area (Å²) >= 11 is 1.33. The zero-order chi connectivity index (χ0) is 11.5. The summed E-state index contributed by atoms with van der Waals surface area (Å²) in [4.78, 5) is 4.75. The molecule has 1 aromatic carbocycles. The Morgan fingerprint density at radius 1 is 1.44 bits per heavy atom. The van der Waals surface area contributed by atoms with E-state index in [0.29, 0.717) is 5.13 Å². The Balaban J connectivity index is 2.36. The van der Waals surface area contributed by atoms with Gasteiger partial charge in [0.25, 0.3) is 0 Å². The van der Waals surface area contributed by atoms with Gasteiger partial charge in [-0.2, -0.15) is 0 Å². The molecule has 3 nitrogen and oxygen atoms in total. The number of aliphatic hydroxyl groups excluding tert-OH is 1. The average molecular weight is 234 g/mol. The minimum atomic E-state index is -0.619. The topological polar surface area (TPSA) is 59.1 Å². The minimum absolute atomic E-state index is 0.489. The molecule has 1 atom stereocenters. The molecule has 0 bridgehead atoms. The van der Waals surface area contributed by atoms with E-state index in [4.69, 9.17) is 5.73 Å². The van der Waals surface area contributed by atoms with Crippen molar-refractivity contribution in [2.75, 3.05) is 5.73 Å². The molecule has 84 valence electrons. The summed E-state index contributed by atoms with van der Waals surface area (Å²) in [5.74, 6) is 0. The maximum Gasteiger partial charge on any atom is 0.180 e. The molecular weight excluding hydrogens is 220 g/mol. The minimum Gasteiger partial charge on any atom is -0.383 e. The van der Waals surface area contributed by atoms with Crippen LogP contribution in [0.4, 0.5) is 5.13 Å². The van der Waals surface area contributed by atoms with E-state index in [1.807, 2.05) is 24.3 Å². The molecule has 0 amide bonds. The van der Waals surface area contributed by atoms with E-state index in [0.717, 1.165) is 22.4 Å². The Kier molecular flexibility index (Phi) is 3.22. The van der Waals surface area contributed by atoms with E-state index >= 15 is 0 Å². The van der Waals surface area contributed by atoms with Crippen molar-refractivity contribution >= 4 is 16.5 Å². The van der Waals surface area contributed by atoms with E-state index < -0.39 is 6.10 Å². The summed E-state index contributed by atoms with van der Waals surface area (Å²) < 4.78 is 0. The molecule has 1 aromatic heterocycles. The van der Waals surface area contributed by atoms with Crippen molar-refractivity contribution in [2.45, 2.75) is 19.4 Å². The summed E-state index contributed by atoms with van der Waals surface area (Å²) in [5.41, 5.74) is 7.65. The second-order valence-corrected chi connectivity index (χ2v) is 4.65. The number of aryl methyl sites for hydroxylation is 1. The van der Waals surface area contributed by atoms with Crippen LogP contribution >= 0.6 is 11.3 Å². The van der Waals surface area contributed by atoms with Crippen molar-refractivity contribution in [2.24, 2.45) is 0 Å². The van der Waals surface area contributed by atoms with Crippen LogP contribution in [0.15, 0.2) is 30.5 Å². The van der Waals surface area contributed by atoms with E-state index in [9.17, 15) is 5.11 Å². The van der Waals surface area contributed by atoms with E-state index in [2.05, 4.69) is 11.9 Å². The summed E-state index contributed by atoms with van der Waals surface area (Å²) in [6.07, 6.45) is 1.92. The quantitative estimate of drug-likeness (QED) is 0.857. The Morgan fingerprint density at radius 2 is 2.19 bits per heavy atom. The SMILES string of the molecule is CCc1ccccc1C(O)c1cnc(N)s1. The maximum absolute atomic E-state index is 10.2. The van der Waals surface area contributed by atoms with Gasteiger partial charge in [0.15, 0.2) is 5.13 Å². The normalized spacial score (nSPS) is 12.6. The Bertz CT molecular complexity index is 481. The summed E-state index contributed by atoms with van der Waals surface area (Å²) in [6, 6.07) is 7.89. The van der Waals surface area contributed by atoms with Crippen molar-refractivity contribution in [1.82, 2.24) is 4.98 Å². The van der Waals surface area contributed by atoms with Crippen molar-refractivity contribution < 1.29 is 5.11 Å². The number of aromatic nitrogens is 1. The van der Waals surface area contributed by atoms with Gasteiger partial charge in [0.1, 0.15) is 6.10 Å². The summed E-state index contributed by atoms with van der Waals surface area (Å²) in [5, 5.41) is 10.7. The van der Waals surface area contributed by atoms with E-state index in [-0.39, 0.29) is 0 Å². The van der Waals surface area contributed by atoms with Gasteiger partial charge in [-0.05, 0) is 17.5 Å². The van der Waals surface area contributed by atoms with Gasteiger partial charge in [-0.1, -0.05) is 42.5 Å². The van der Waals surface area contributed by atoms with Crippen LogP contribution in [0.5, 0.6) is 0 Å². The highest BCUT2D eigenvalue weighted by Gasteiger charge is 2.15. The van der Waals surface area contributed by atoms with Crippen LogP contribution in [0, 0.1) is 0 Å². The standard InChI is InChI=1S/C12H14N2OS/c1-2-8-5-3-4-6-9(8)11(15)10-7-14-12(13)16-10/h3-7,11,15H,2H2,1H3,(H2,13,14). The fourth-order valence-electron chi connectivity index (χ4n) is 1.70. The predicted octanol–water partition coefficient (Wildman–Crippen LogP) is 2.37. The van der Waals surface area contributed by atoms with Crippen LogP contribution in [0.1, 0.15) is 29.0 Å². The number of hydrogen-bond donors (Lipinski definition) is 2. The lowest BCUT2D eigenvalue weighted by Gasteiger charge is -2.12. The van der Waals surface area contributed by atoms with Gasteiger partial charge >= 0.3 is 0 Å².